The van der Waals surface area contributed by atoms with E-state index in [9.17, 15) is 9.59 Å². The molecule has 0 aliphatic rings. The fraction of sp³-hybridized carbons (Fsp3) is 0.0741. The Bertz CT molecular complexity index is 1530. The van der Waals surface area contributed by atoms with E-state index in [0.29, 0.717) is 16.3 Å². The predicted octanol–water partition coefficient (Wildman–Crippen LogP) is 5.65. The minimum absolute atomic E-state index is 0.0287. The van der Waals surface area contributed by atoms with Crippen LogP contribution < -0.4 is 5.32 Å². The maximum Gasteiger partial charge on any atom is 0.228 e. The first kappa shape index (κ1) is 23.6. The highest BCUT2D eigenvalue weighted by Crippen LogP contribution is 2.23. The molecule has 1 amide bonds. The van der Waals surface area contributed by atoms with Crippen LogP contribution in [0.1, 0.15) is 20.9 Å². The van der Waals surface area contributed by atoms with E-state index >= 15 is 0 Å². The minimum atomic E-state index is -0.193. The fourth-order valence-electron chi connectivity index (χ4n) is 3.64. The van der Waals surface area contributed by atoms with Crippen LogP contribution in [0, 0.1) is 0 Å². The number of hydrogen-bond acceptors (Lipinski definition) is 6. The first-order valence-electron chi connectivity index (χ1n) is 11.1. The lowest BCUT2D eigenvalue weighted by Crippen LogP contribution is -2.14. The molecule has 0 bridgehead atoms. The van der Waals surface area contributed by atoms with Crippen LogP contribution in [0.3, 0.4) is 0 Å². The van der Waals surface area contributed by atoms with Crippen LogP contribution in [-0.4, -0.2) is 31.4 Å². The molecular weight excluding hydrogens is 494 g/mol. The first-order chi connectivity index (χ1) is 17.5. The lowest BCUT2D eigenvalue weighted by molar-refractivity contribution is -0.115. The van der Waals surface area contributed by atoms with E-state index < -0.39 is 0 Å². The number of pyridine rings is 1. The van der Waals surface area contributed by atoms with Crippen molar-refractivity contribution in [1.29, 1.82) is 0 Å². The van der Waals surface area contributed by atoms with Crippen LogP contribution in [0.4, 0.5) is 5.69 Å². The van der Waals surface area contributed by atoms with Crippen molar-refractivity contribution < 1.29 is 9.59 Å². The number of carbonyl (C=O) groups excluding carboxylic acids is 2. The van der Waals surface area contributed by atoms with E-state index in [1.807, 2.05) is 35.7 Å². The van der Waals surface area contributed by atoms with Crippen molar-refractivity contribution in [2.45, 2.75) is 12.8 Å². The van der Waals surface area contributed by atoms with Crippen molar-refractivity contribution >= 4 is 40.3 Å². The first-order valence-corrected chi connectivity index (χ1v) is 12.4. The summed E-state index contributed by atoms with van der Waals surface area (Å²) in [5.74, 6) is -0.222. The quantitative estimate of drug-likeness (QED) is 0.271. The van der Waals surface area contributed by atoms with Crippen molar-refractivity contribution in [3.05, 3.63) is 112 Å². The smallest absolute Gasteiger partial charge is 0.228 e. The number of halogens is 1. The number of amides is 1. The van der Waals surface area contributed by atoms with E-state index in [0.717, 1.165) is 27.5 Å². The number of ketones is 1. The molecule has 0 atom stereocenters. The standard InChI is InChI=1S/C27H20ClN5O2S/c28-22-6-1-2-7-23(22)31-26(35)12-18-15-30-33(16-18)21-5-3-4-20(13-21)25(34)14-27-32-24(17-36-27)19-8-10-29-11-9-19/h1-11,13,15-17H,12,14H2,(H,31,35). The molecule has 9 heteroatoms. The number of para-hydroxylation sites is 1. The molecule has 3 aromatic heterocycles. The largest absolute Gasteiger partial charge is 0.324 e. The van der Waals surface area contributed by atoms with Gasteiger partial charge >= 0.3 is 0 Å². The Balaban J connectivity index is 1.25. The average molecular weight is 514 g/mol. The number of thiazole rings is 1. The molecule has 7 nitrogen and oxygen atoms in total. The van der Waals surface area contributed by atoms with Gasteiger partial charge in [0.25, 0.3) is 0 Å². The molecule has 3 heterocycles. The maximum absolute atomic E-state index is 13.0. The van der Waals surface area contributed by atoms with Crippen molar-refractivity contribution in [2.24, 2.45) is 0 Å². The lowest BCUT2D eigenvalue weighted by atomic mass is 10.1. The van der Waals surface area contributed by atoms with E-state index in [4.69, 9.17) is 11.6 Å². The van der Waals surface area contributed by atoms with Gasteiger partial charge in [0.15, 0.2) is 5.78 Å². The van der Waals surface area contributed by atoms with Crippen LogP contribution in [0.15, 0.2) is 90.8 Å². The molecule has 0 unspecified atom stereocenters. The zero-order valence-electron chi connectivity index (χ0n) is 19.0. The summed E-state index contributed by atoms with van der Waals surface area (Å²) >= 11 is 7.57. The number of aromatic nitrogens is 4. The maximum atomic E-state index is 13.0. The second-order valence-electron chi connectivity index (χ2n) is 8.01. The van der Waals surface area contributed by atoms with E-state index in [-0.39, 0.29) is 24.5 Å². The normalized spacial score (nSPS) is 10.8. The molecule has 1 N–H and O–H groups in total. The van der Waals surface area contributed by atoms with Crippen molar-refractivity contribution in [2.75, 3.05) is 5.32 Å². The lowest BCUT2D eigenvalue weighted by Gasteiger charge is -2.06. The molecule has 0 radical (unpaired) electrons. The Kier molecular flexibility index (Phi) is 6.97. The number of anilines is 1. The highest BCUT2D eigenvalue weighted by atomic mass is 35.5. The van der Waals surface area contributed by atoms with E-state index in [1.165, 1.54) is 11.3 Å². The molecule has 5 rings (SSSR count). The number of nitrogens with zero attached hydrogens (tertiary/aromatic N) is 4. The molecule has 0 saturated carbocycles. The predicted molar refractivity (Wildman–Crippen MR) is 141 cm³/mol. The Morgan fingerprint density at radius 3 is 2.67 bits per heavy atom. The summed E-state index contributed by atoms with van der Waals surface area (Å²) in [5, 5.41) is 10.4. The molecule has 0 fully saturated rings. The monoisotopic (exact) mass is 513 g/mol. The van der Waals surface area contributed by atoms with Crippen LogP contribution in [0.25, 0.3) is 16.9 Å². The van der Waals surface area contributed by atoms with Crippen molar-refractivity contribution in [3.8, 4) is 16.9 Å². The zero-order chi connectivity index (χ0) is 24.9. The summed E-state index contributed by atoms with van der Waals surface area (Å²) in [6, 6.07) is 18.1. The second kappa shape index (κ2) is 10.6. The van der Waals surface area contributed by atoms with Gasteiger partial charge in [-0.15, -0.1) is 11.3 Å². The number of Topliss-reactive ketones (excluding diaryl/α,β-unsaturated/α-hetero) is 1. The van der Waals surface area contributed by atoms with Gasteiger partial charge in [0.2, 0.25) is 5.91 Å². The van der Waals surface area contributed by atoms with Gasteiger partial charge in [-0.2, -0.15) is 5.10 Å². The van der Waals surface area contributed by atoms with Gasteiger partial charge in [0, 0.05) is 35.1 Å². The summed E-state index contributed by atoms with van der Waals surface area (Å²) in [6.45, 7) is 0. The van der Waals surface area contributed by atoms with Crippen LogP contribution in [0.5, 0.6) is 0 Å². The summed E-state index contributed by atoms with van der Waals surface area (Å²) in [5.41, 5.74) is 4.41. The summed E-state index contributed by atoms with van der Waals surface area (Å²) in [7, 11) is 0. The van der Waals surface area contributed by atoms with E-state index in [2.05, 4.69) is 20.4 Å². The summed E-state index contributed by atoms with van der Waals surface area (Å²) < 4.78 is 1.65. The van der Waals surface area contributed by atoms with Gasteiger partial charge in [-0.05, 0) is 42.0 Å². The average Bonchev–Trinajstić information content (AvgIpc) is 3.56. The second-order valence-corrected chi connectivity index (χ2v) is 9.36. The van der Waals surface area contributed by atoms with E-state index in [1.54, 1.807) is 59.8 Å². The highest BCUT2D eigenvalue weighted by Gasteiger charge is 2.13. The molecule has 0 saturated heterocycles. The number of carbonyl (C=O) groups is 2. The molecule has 2 aromatic carbocycles. The van der Waals surface area contributed by atoms with Gasteiger partial charge in [0.05, 0.1) is 41.1 Å². The fourth-order valence-corrected chi connectivity index (χ4v) is 4.63. The Morgan fingerprint density at radius 2 is 1.83 bits per heavy atom. The number of nitrogens with one attached hydrogen (secondary N) is 1. The molecule has 0 spiro atoms. The van der Waals surface area contributed by atoms with Gasteiger partial charge in [0.1, 0.15) is 5.01 Å². The van der Waals surface area contributed by atoms with Gasteiger partial charge in [-0.1, -0.05) is 35.9 Å². The molecule has 36 heavy (non-hydrogen) atoms. The highest BCUT2D eigenvalue weighted by molar-refractivity contribution is 7.10. The summed E-state index contributed by atoms with van der Waals surface area (Å²) in [6.07, 6.45) is 7.21. The van der Waals surface area contributed by atoms with Gasteiger partial charge in [-0.25, -0.2) is 9.67 Å². The Morgan fingerprint density at radius 1 is 1.00 bits per heavy atom. The SMILES string of the molecule is O=C(Cc1cnn(-c2cccc(C(=O)Cc3nc(-c4ccncc4)cs3)c2)c1)Nc1ccccc1Cl. The zero-order valence-corrected chi connectivity index (χ0v) is 20.5. The molecule has 178 valence electrons. The van der Waals surface area contributed by atoms with Crippen LogP contribution in [0.2, 0.25) is 5.02 Å². The number of rotatable bonds is 8. The third-order valence-corrected chi connectivity index (χ3v) is 6.60. The summed E-state index contributed by atoms with van der Waals surface area (Å²) in [4.78, 5) is 34.0. The minimum Gasteiger partial charge on any atom is -0.324 e. The molecule has 0 aliphatic heterocycles. The van der Waals surface area contributed by atoms with Crippen molar-refractivity contribution in [3.63, 3.8) is 0 Å². The Labute approximate surface area is 216 Å². The van der Waals surface area contributed by atoms with Crippen molar-refractivity contribution in [1.82, 2.24) is 19.7 Å². The number of hydrogen-bond donors (Lipinski definition) is 1. The van der Waals surface area contributed by atoms with Gasteiger partial charge < -0.3 is 5.32 Å². The Hall–Kier alpha value is -4.14. The van der Waals surface area contributed by atoms with Crippen LogP contribution >= 0.6 is 22.9 Å². The topological polar surface area (TPSA) is 89.8 Å². The molecular formula is C27H20ClN5O2S. The third kappa shape index (κ3) is 5.56. The van der Waals surface area contributed by atoms with Crippen LogP contribution in [-0.2, 0) is 17.6 Å². The van der Waals surface area contributed by atoms with Gasteiger partial charge in [-0.3, -0.25) is 14.6 Å². The molecule has 0 aliphatic carbocycles. The third-order valence-electron chi connectivity index (χ3n) is 5.42. The number of benzene rings is 2. The molecule has 5 aromatic rings.